The molecule has 0 aromatic heterocycles. The number of ether oxygens (including phenoxy) is 1. The van der Waals surface area contributed by atoms with E-state index in [2.05, 4.69) is 5.32 Å². The van der Waals surface area contributed by atoms with E-state index in [0.29, 0.717) is 6.61 Å². The Balaban J connectivity index is 2.58. The molecule has 94 valence electrons. The van der Waals surface area contributed by atoms with E-state index in [1.54, 1.807) is 0 Å². The van der Waals surface area contributed by atoms with Crippen molar-refractivity contribution in [3.05, 3.63) is 29.6 Å². The summed E-state index contributed by atoms with van der Waals surface area (Å²) in [5, 5.41) is 11.5. The third-order valence-corrected chi connectivity index (χ3v) is 2.32. The van der Waals surface area contributed by atoms with Crippen molar-refractivity contribution >= 4 is 17.5 Å². The lowest BCUT2D eigenvalue weighted by Gasteiger charge is -2.10. The summed E-state index contributed by atoms with van der Waals surface area (Å²) < 4.78 is 17.5. The summed E-state index contributed by atoms with van der Waals surface area (Å²) in [4.78, 5) is 11.6. The Morgan fingerprint density at radius 1 is 1.65 bits per heavy atom. The molecule has 0 saturated carbocycles. The molecule has 4 nitrogen and oxygen atoms in total. The Hall–Kier alpha value is -1.33. The van der Waals surface area contributed by atoms with Gasteiger partial charge in [0.25, 0.3) is 5.91 Å². The fourth-order valence-corrected chi connectivity index (χ4v) is 1.44. The van der Waals surface area contributed by atoms with Crippen LogP contribution in [0.15, 0.2) is 18.2 Å². The summed E-state index contributed by atoms with van der Waals surface area (Å²) in [6.07, 6.45) is 0. The summed E-state index contributed by atoms with van der Waals surface area (Å²) in [7, 11) is 1.50. The normalized spacial score (nSPS) is 12.2. The minimum Gasteiger partial charge on any atom is -0.507 e. The molecule has 6 heteroatoms. The van der Waals surface area contributed by atoms with Crippen LogP contribution in [0.1, 0.15) is 10.4 Å². The van der Waals surface area contributed by atoms with Crippen LogP contribution in [0.25, 0.3) is 0 Å². The Kier molecular flexibility index (Phi) is 5.18. The van der Waals surface area contributed by atoms with Crippen LogP contribution < -0.4 is 5.32 Å². The molecule has 0 aliphatic rings. The second-order valence-corrected chi connectivity index (χ2v) is 4.04. The highest BCUT2D eigenvalue weighted by Crippen LogP contribution is 2.17. The van der Waals surface area contributed by atoms with Crippen molar-refractivity contribution in [2.75, 3.05) is 20.3 Å². The van der Waals surface area contributed by atoms with E-state index in [1.807, 2.05) is 0 Å². The molecule has 0 spiro atoms. The van der Waals surface area contributed by atoms with Crippen molar-refractivity contribution < 1.29 is 19.0 Å². The number of aromatic hydroxyl groups is 1. The lowest BCUT2D eigenvalue weighted by Crippen LogP contribution is -2.31. The van der Waals surface area contributed by atoms with Crippen molar-refractivity contribution in [2.24, 2.45) is 0 Å². The molecule has 0 bridgehead atoms. The third-order valence-electron chi connectivity index (χ3n) is 2.04. The predicted octanol–water partition coefficient (Wildman–Crippen LogP) is 1.51. The first-order valence-corrected chi connectivity index (χ1v) is 5.38. The molecule has 1 aromatic carbocycles. The second-order valence-electron chi connectivity index (χ2n) is 3.42. The van der Waals surface area contributed by atoms with Crippen molar-refractivity contribution in [3.63, 3.8) is 0 Å². The number of hydrogen-bond acceptors (Lipinski definition) is 3. The Morgan fingerprint density at radius 3 is 2.94 bits per heavy atom. The first-order valence-electron chi connectivity index (χ1n) is 4.94. The molecule has 0 aliphatic carbocycles. The van der Waals surface area contributed by atoms with Crippen LogP contribution in [0.3, 0.4) is 0 Å². The molecular formula is C11H13ClFNO3. The molecule has 17 heavy (non-hydrogen) atoms. The number of hydrogen-bond donors (Lipinski definition) is 2. The monoisotopic (exact) mass is 261 g/mol. The molecule has 0 heterocycles. The van der Waals surface area contributed by atoms with E-state index in [9.17, 15) is 14.3 Å². The lowest BCUT2D eigenvalue weighted by molar-refractivity contribution is 0.0946. The number of alkyl halides is 1. The van der Waals surface area contributed by atoms with E-state index in [1.165, 1.54) is 13.2 Å². The summed E-state index contributed by atoms with van der Waals surface area (Å²) in [5.41, 5.74) is 0.00711. The minimum absolute atomic E-state index is 0.00711. The Bertz CT molecular complexity index is 400. The Labute approximate surface area is 103 Å². The highest BCUT2D eigenvalue weighted by molar-refractivity contribution is 6.21. The van der Waals surface area contributed by atoms with E-state index in [4.69, 9.17) is 16.3 Å². The van der Waals surface area contributed by atoms with E-state index in [-0.39, 0.29) is 17.5 Å². The predicted molar refractivity (Wildman–Crippen MR) is 61.9 cm³/mol. The molecule has 1 aromatic rings. The number of amides is 1. The summed E-state index contributed by atoms with van der Waals surface area (Å²) >= 11 is 5.82. The van der Waals surface area contributed by atoms with Crippen LogP contribution in [0.4, 0.5) is 4.39 Å². The molecule has 0 saturated heterocycles. The zero-order valence-corrected chi connectivity index (χ0v) is 10.00. The van der Waals surface area contributed by atoms with Gasteiger partial charge < -0.3 is 15.2 Å². The van der Waals surface area contributed by atoms with Gasteiger partial charge in [0.2, 0.25) is 0 Å². The fourth-order valence-electron chi connectivity index (χ4n) is 1.24. The van der Waals surface area contributed by atoms with Gasteiger partial charge in [0, 0.05) is 19.7 Å². The van der Waals surface area contributed by atoms with Crippen molar-refractivity contribution in [1.29, 1.82) is 0 Å². The number of benzene rings is 1. The van der Waals surface area contributed by atoms with E-state index in [0.717, 1.165) is 12.1 Å². The fraction of sp³-hybridized carbons (Fsp3) is 0.364. The van der Waals surface area contributed by atoms with Crippen LogP contribution in [0.2, 0.25) is 0 Å². The molecule has 0 fully saturated rings. The van der Waals surface area contributed by atoms with Crippen LogP contribution in [0, 0.1) is 5.82 Å². The summed E-state index contributed by atoms with van der Waals surface area (Å²) in [6, 6.07) is 3.18. The minimum atomic E-state index is -0.603. The zero-order valence-electron chi connectivity index (χ0n) is 9.24. The topological polar surface area (TPSA) is 58.6 Å². The average molecular weight is 262 g/mol. The van der Waals surface area contributed by atoms with Gasteiger partial charge >= 0.3 is 0 Å². The van der Waals surface area contributed by atoms with Gasteiger partial charge in [-0.3, -0.25) is 4.79 Å². The largest absolute Gasteiger partial charge is 0.507 e. The number of carbonyl (C=O) groups is 1. The maximum atomic E-state index is 12.7. The zero-order chi connectivity index (χ0) is 12.8. The number of methoxy groups -OCH3 is 1. The van der Waals surface area contributed by atoms with Gasteiger partial charge in [-0.05, 0) is 12.1 Å². The van der Waals surface area contributed by atoms with Crippen molar-refractivity contribution in [3.8, 4) is 5.75 Å². The van der Waals surface area contributed by atoms with Crippen LogP contribution >= 0.6 is 11.6 Å². The molecule has 1 amide bonds. The molecule has 0 radical (unpaired) electrons. The van der Waals surface area contributed by atoms with Gasteiger partial charge in [-0.2, -0.15) is 0 Å². The lowest BCUT2D eigenvalue weighted by atomic mass is 10.2. The molecule has 1 rings (SSSR count). The van der Waals surface area contributed by atoms with Gasteiger partial charge in [-0.1, -0.05) is 0 Å². The van der Waals surface area contributed by atoms with Crippen LogP contribution in [-0.2, 0) is 4.74 Å². The standard InChI is InChI=1S/C11H13ClFNO3/c1-17-6-7(12)5-14-11(16)9-3-2-8(13)4-10(9)15/h2-4,7,15H,5-6H2,1H3,(H,14,16). The number of carbonyl (C=O) groups excluding carboxylic acids is 1. The number of nitrogens with one attached hydrogen (secondary N) is 1. The van der Waals surface area contributed by atoms with Gasteiger partial charge in [0.15, 0.2) is 0 Å². The summed E-state index contributed by atoms with van der Waals surface area (Å²) in [5.74, 6) is -1.52. The molecular weight excluding hydrogens is 249 g/mol. The molecule has 2 N–H and O–H groups in total. The highest BCUT2D eigenvalue weighted by atomic mass is 35.5. The van der Waals surface area contributed by atoms with Gasteiger partial charge in [-0.15, -0.1) is 11.6 Å². The third kappa shape index (κ3) is 4.20. The highest BCUT2D eigenvalue weighted by Gasteiger charge is 2.13. The maximum absolute atomic E-state index is 12.7. The van der Waals surface area contributed by atoms with Crippen molar-refractivity contribution in [2.45, 2.75) is 5.38 Å². The molecule has 0 aliphatic heterocycles. The Morgan fingerprint density at radius 2 is 2.35 bits per heavy atom. The van der Waals surface area contributed by atoms with Crippen LogP contribution in [0.5, 0.6) is 5.75 Å². The average Bonchev–Trinajstić information content (AvgIpc) is 2.26. The van der Waals surface area contributed by atoms with Crippen LogP contribution in [-0.4, -0.2) is 36.7 Å². The van der Waals surface area contributed by atoms with E-state index < -0.39 is 17.5 Å². The number of halogens is 2. The molecule has 1 unspecified atom stereocenters. The smallest absolute Gasteiger partial charge is 0.255 e. The van der Waals surface area contributed by atoms with Gasteiger partial charge in [0.1, 0.15) is 11.6 Å². The number of phenols is 1. The number of rotatable bonds is 5. The second kappa shape index (κ2) is 6.42. The quantitative estimate of drug-likeness (QED) is 0.790. The van der Waals surface area contributed by atoms with Gasteiger partial charge in [0.05, 0.1) is 17.5 Å². The van der Waals surface area contributed by atoms with Crippen molar-refractivity contribution in [1.82, 2.24) is 5.32 Å². The maximum Gasteiger partial charge on any atom is 0.255 e. The SMILES string of the molecule is COCC(Cl)CNC(=O)c1ccc(F)cc1O. The first kappa shape index (κ1) is 13.7. The molecule has 1 atom stereocenters. The van der Waals surface area contributed by atoms with E-state index >= 15 is 0 Å². The number of phenolic OH excluding ortho intramolecular Hbond substituents is 1. The summed E-state index contributed by atoms with van der Waals surface area (Å²) in [6.45, 7) is 0.502. The van der Waals surface area contributed by atoms with Gasteiger partial charge in [-0.25, -0.2) is 4.39 Å². The first-order chi connectivity index (χ1) is 8.04.